The van der Waals surface area contributed by atoms with Crippen LogP contribution in [-0.2, 0) is 11.2 Å². The Morgan fingerprint density at radius 1 is 1.45 bits per heavy atom. The molecular formula is C13H10Br2N2O2S. The van der Waals surface area contributed by atoms with E-state index in [9.17, 15) is 9.90 Å². The Morgan fingerprint density at radius 3 is 3.00 bits per heavy atom. The molecule has 0 radical (unpaired) electrons. The van der Waals surface area contributed by atoms with Gasteiger partial charge in [0.2, 0.25) is 0 Å². The van der Waals surface area contributed by atoms with E-state index >= 15 is 0 Å². The summed E-state index contributed by atoms with van der Waals surface area (Å²) in [6.45, 7) is 0. The number of hydrogen-bond donors (Lipinski definition) is 2. The molecule has 0 fully saturated rings. The molecule has 104 valence electrons. The minimum atomic E-state index is -0.788. The normalized spacial score (nSPS) is 17.0. The van der Waals surface area contributed by atoms with Crippen LogP contribution in [0.2, 0.25) is 0 Å². The van der Waals surface area contributed by atoms with Crippen LogP contribution in [0.3, 0.4) is 0 Å². The number of carboxylic acids is 1. The van der Waals surface area contributed by atoms with Crippen LogP contribution in [-0.4, -0.2) is 16.1 Å². The molecule has 1 unspecified atom stereocenters. The summed E-state index contributed by atoms with van der Waals surface area (Å²) in [6.07, 6.45) is 1.45. The zero-order valence-electron chi connectivity index (χ0n) is 10.2. The quantitative estimate of drug-likeness (QED) is 0.770. The molecule has 4 nitrogen and oxygen atoms in total. The molecule has 0 bridgehead atoms. The van der Waals surface area contributed by atoms with E-state index in [1.807, 2.05) is 18.2 Å². The summed E-state index contributed by atoms with van der Waals surface area (Å²) >= 11 is 8.44. The van der Waals surface area contributed by atoms with E-state index in [2.05, 4.69) is 42.2 Å². The summed E-state index contributed by atoms with van der Waals surface area (Å²) in [5, 5.41) is 13.1. The molecular weight excluding hydrogens is 408 g/mol. The second-order valence-electron chi connectivity index (χ2n) is 4.51. The molecule has 1 aliphatic carbocycles. The molecule has 2 aromatic rings. The maximum atomic E-state index is 11.2. The van der Waals surface area contributed by atoms with E-state index in [4.69, 9.17) is 0 Å². The first-order chi connectivity index (χ1) is 9.54. The number of halogens is 2. The highest BCUT2D eigenvalue weighted by Crippen LogP contribution is 2.40. The van der Waals surface area contributed by atoms with E-state index in [0.717, 1.165) is 36.8 Å². The molecule has 1 aromatic heterocycles. The largest absolute Gasteiger partial charge is 0.481 e. The van der Waals surface area contributed by atoms with E-state index in [-0.39, 0.29) is 0 Å². The van der Waals surface area contributed by atoms with Crippen molar-refractivity contribution in [3.8, 4) is 0 Å². The zero-order chi connectivity index (χ0) is 14.3. The Kier molecular flexibility index (Phi) is 3.83. The SMILES string of the molecule is O=C(O)C1CCc2sc(Nc3cc(Br)ccc3Br)nc21. The van der Waals surface area contributed by atoms with Gasteiger partial charge in [0.25, 0.3) is 0 Å². The van der Waals surface area contributed by atoms with Crippen molar-refractivity contribution in [2.24, 2.45) is 0 Å². The number of hydrogen-bond acceptors (Lipinski definition) is 4. The summed E-state index contributed by atoms with van der Waals surface area (Å²) in [5.41, 5.74) is 1.62. The summed E-state index contributed by atoms with van der Waals surface area (Å²) in [7, 11) is 0. The van der Waals surface area contributed by atoms with Crippen LogP contribution in [0.1, 0.15) is 22.9 Å². The predicted octanol–water partition coefficient (Wildman–Crippen LogP) is 4.53. The van der Waals surface area contributed by atoms with Crippen molar-refractivity contribution in [1.82, 2.24) is 4.98 Å². The number of aromatic nitrogens is 1. The van der Waals surface area contributed by atoms with Gasteiger partial charge in [-0.15, -0.1) is 11.3 Å². The third-order valence-electron chi connectivity index (χ3n) is 3.19. The fourth-order valence-electron chi connectivity index (χ4n) is 2.23. The van der Waals surface area contributed by atoms with Gasteiger partial charge in [0.05, 0.1) is 11.4 Å². The average molecular weight is 418 g/mol. The standard InChI is InChI=1S/C13H10Br2N2O2S/c14-6-1-3-8(15)9(5-6)16-13-17-11-7(12(18)19)2-4-10(11)20-13/h1,3,5,7H,2,4H2,(H,16,17)(H,18,19). The van der Waals surface area contributed by atoms with E-state index in [0.29, 0.717) is 6.42 Å². The lowest BCUT2D eigenvalue weighted by atomic mass is 10.1. The highest BCUT2D eigenvalue weighted by atomic mass is 79.9. The third-order valence-corrected chi connectivity index (χ3v) is 5.42. The molecule has 0 amide bonds. The van der Waals surface area contributed by atoms with Crippen molar-refractivity contribution >= 4 is 60.0 Å². The first kappa shape index (κ1) is 14.0. The smallest absolute Gasteiger partial charge is 0.312 e. The van der Waals surface area contributed by atoms with Gasteiger partial charge in [-0.1, -0.05) is 15.9 Å². The monoisotopic (exact) mass is 416 g/mol. The molecule has 20 heavy (non-hydrogen) atoms. The van der Waals surface area contributed by atoms with Gasteiger partial charge >= 0.3 is 5.97 Å². The predicted molar refractivity (Wildman–Crippen MR) is 85.9 cm³/mol. The van der Waals surface area contributed by atoms with Crippen molar-refractivity contribution in [1.29, 1.82) is 0 Å². The van der Waals surface area contributed by atoms with E-state index in [1.165, 1.54) is 11.3 Å². The van der Waals surface area contributed by atoms with Gasteiger partial charge in [-0.3, -0.25) is 4.79 Å². The van der Waals surface area contributed by atoms with Crippen LogP contribution in [0, 0.1) is 0 Å². The molecule has 0 saturated carbocycles. The lowest BCUT2D eigenvalue weighted by molar-refractivity contribution is -0.138. The number of carbonyl (C=O) groups is 1. The first-order valence-electron chi connectivity index (χ1n) is 5.99. The molecule has 0 spiro atoms. The summed E-state index contributed by atoms with van der Waals surface area (Å²) in [6, 6.07) is 5.83. The van der Waals surface area contributed by atoms with Crippen LogP contribution < -0.4 is 5.32 Å². The maximum absolute atomic E-state index is 11.2. The first-order valence-corrected chi connectivity index (χ1v) is 8.39. The van der Waals surface area contributed by atoms with Crippen LogP contribution in [0.5, 0.6) is 0 Å². The number of nitrogens with zero attached hydrogens (tertiary/aromatic N) is 1. The molecule has 0 aliphatic heterocycles. The van der Waals surface area contributed by atoms with Gasteiger partial charge < -0.3 is 10.4 Å². The lowest BCUT2D eigenvalue weighted by Crippen LogP contribution is -2.08. The van der Waals surface area contributed by atoms with E-state index in [1.54, 1.807) is 0 Å². The summed E-state index contributed by atoms with van der Waals surface area (Å²) in [4.78, 5) is 16.7. The molecule has 0 saturated heterocycles. The van der Waals surface area contributed by atoms with Crippen molar-refractivity contribution < 1.29 is 9.90 Å². The van der Waals surface area contributed by atoms with Gasteiger partial charge in [-0.05, 0) is 47.0 Å². The number of rotatable bonds is 3. The van der Waals surface area contributed by atoms with Gasteiger partial charge in [0.15, 0.2) is 5.13 Å². The summed E-state index contributed by atoms with van der Waals surface area (Å²) < 4.78 is 1.90. The van der Waals surface area contributed by atoms with Crippen LogP contribution in [0.4, 0.5) is 10.8 Å². The fraction of sp³-hybridized carbons (Fsp3) is 0.231. The van der Waals surface area contributed by atoms with Crippen molar-refractivity contribution in [3.05, 3.63) is 37.7 Å². The molecule has 1 aliphatic rings. The molecule has 1 heterocycles. The van der Waals surface area contributed by atoms with Gasteiger partial charge in [-0.2, -0.15) is 0 Å². The topological polar surface area (TPSA) is 62.2 Å². The number of aryl methyl sites for hydroxylation is 1. The maximum Gasteiger partial charge on any atom is 0.312 e. The van der Waals surface area contributed by atoms with Crippen LogP contribution in [0.15, 0.2) is 27.1 Å². The number of aliphatic carboxylic acids is 1. The Morgan fingerprint density at radius 2 is 2.25 bits per heavy atom. The molecule has 7 heteroatoms. The third kappa shape index (κ3) is 2.62. The molecule has 3 rings (SSSR count). The molecule has 2 N–H and O–H groups in total. The number of fused-ring (bicyclic) bond motifs is 1. The Balaban J connectivity index is 1.88. The molecule has 1 aromatic carbocycles. The van der Waals surface area contributed by atoms with Crippen molar-refractivity contribution in [3.63, 3.8) is 0 Å². The lowest BCUT2D eigenvalue weighted by Gasteiger charge is -2.06. The van der Waals surface area contributed by atoms with Crippen LogP contribution >= 0.6 is 43.2 Å². The van der Waals surface area contributed by atoms with Gasteiger partial charge in [-0.25, -0.2) is 4.98 Å². The minimum absolute atomic E-state index is 0.456. The van der Waals surface area contributed by atoms with E-state index < -0.39 is 11.9 Å². The Hall–Kier alpha value is -0.920. The number of anilines is 2. The average Bonchev–Trinajstić information content (AvgIpc) is 2.92. The second-order valence-corrected chi connectivity index (χ2v) is 7.36. The van der Waals surface area contributed by atoms with Crippen LogP contribution in [0.25, 0.3) is 0 Å². The number of benzene rings is 1. The van der Waals surface area contributed by atoms with Crippen molar-refractivity contribution in [2.45, 2.75) is 18.8 Å². The van der Waals surface area contributed by atoms with Gasteiger partial charge in [0, 0.05) is 13.8 Å². The highest BCUT2D eigenvalue weighted by molar-refractivity contribution is 9.11. The summed E-state index contributed by atoms with van der Waals surface area (Å²) in [5.74, 6) is -1.24. The molecule has 1 atom stereocenters. The van der Waals surface area contributed by atoms with Crippen molar-refractivity contribution in [2.75, 3.05) is 5.32 Å². The number of nitrogens with one attached hydrogen (secondary N) is 1. The highest BCUT2D eigenvalue weighted by Gasteiger charge is 2.32. The van der Waals surface area contributed by atoms with Gasteiger partial charge in [0.1, 0.15) is 5.92 Å². The number of thiazole rings is 1. The second kappa shape index (κ2) is 5.46. The Bertz CT molecular complexity index is 687. The minimum Gasteiger partial charge on any atom is -0.481 e. The fourth-order valence-corrected chi connectivity index (χ4v) is 3.99. The zero-order valence-corrected chi connectivity index (χ0v) is 14.2. The number of carboxylic acid groups (broad SMARTS) is 1. The Labute approximate surface area is 136 Å².